The minimum Gasteiger partial charge on any atom is -0.373 e. The van der Waals surface area contributed by atoms with Crippen molar-refractivity contribution < 1.29 is 13.5 Å². The summed E-state index contributed by atoms with van der Waals surface area (Å²) in [6, 6.07) is 9.08. The van der Waals surface area contributed by atoms with Crippen molar-refractivity contribution in [3.63, 3.8) is 0 Å². The molecular formula is C19H23F2N3O. The Hall–Kier alpha value is -2.05. The van der Waals surface area contributed by atoms with E-state index in [1.807, 2.05) is 32.0 Å². The van der Waals surface area contributed by atoms with Crippen molar-refractivity contribution in [1.82, 2.24) is 9.88 Å². The van der Waals surface area contributed by atoms with E-state index in [1.54, 1.807) is 6.20 Å². The molecular weight excluding hydrogens is 324 g/mol. The SMILES string of the molecule is CC1CN(C(CNc2ccccn2)c2c(F)cccc2F)CC(C)O1. The molecule has 1 aromatic heterocycles. The predicted molar refractivity (Wildman–Crippen MR) is 93.4 cm³/mol. The molecule has 2 heterocycles. The summed E-state index contributed by atoms with van der Waals surface area (Å²) in [5.41, 5.74) is 0.0900. The fourth-order valence-electron chi connectivity index (χ4n) is 3.38. The van der Waals surface area contributed by atoms with Crippen LogP contribution in [0.3, 0.4) is 0 Å². The molecule has 25 heavy (non-hydrogen) atoms. The number of hydrogen-bond acceptors (Lipinski definition) is 4. The maximum Gasteiger partial charge on any atom is 0.130 e. The number of morpholine rings is 1. The third kappa shape index (κ3) is 4.32. The number of nitrogens with zero attached hydrogens (tertiary/aromatic N) is 2. The highest BCUT2D eigenvalue weighted by Gasteiger charge is 2.32. The van der Waals surface area contributed by atoms with Crippen LogP contribution < -0.4 is 5.32 Å². The Bertz CT molecular complexity index is 668. The molecule has 1 aliphatic rings. The Morgan fingerprint density at radius 1 is 1.12 bits per heavy atom. The highest BCUT2D eigenvalue weighted by molar-refractivity contribution is 5.35. The molecule has 4 nitrogen and oxygen atoms in total. The normalized spacial score (nSPS) is 22.6. The first kappa shape index (κ1) is 17.8. The zero-order chi connectivity index (χ0) is 17.8. The van der Waals surface area contributed by atoms with Gasteiger partial charge in [-0.05, 0) is 38.1 Å². The van der Waals surface area contributed by atoms with Crippen molar-refractivity contribution in [2.75, 3.05) is 25.0 Å². The van der Waals surface area contributed by atoms with Crippen LogP contribution in [0.1, 0.15) is 25.5 Å². The topological polar surface area (TPSA) is 37.4 Å². The summed E-state index contributed by atoms with van der Waals surface area (Å²) in [6.45, 7) is 5.54. The van der Waals surface area contributed by atoms with Gasteiger partial charge in [-0.3, -0.25) is 4.90 Å². The number of hydrogen-bond donors (Lipinski definition) is 1. The molecule has 2 aromatic rings. The molecule has 0 saturated carbocycles. The largest absolute Gasteiger partial charge is 0.373 e. The van der Waals surface area contributed by atoms with Crippen LogP contribution in [0.5, 0.6) is 0 Å². The molecule has 1 N–H and O–H groups in total. The predicted octanol–water partition coefficient (Wildman–Crippen LogP) is 3.62. The van der Waals surface area contributed by atoms with Gasteiger partial charge in [-0.1, -0.05) is 12.1 Å². The van der Waals surface area contributed by atoms with Gasteiger partial charge >= 0.3 is 0 Å². The van der Waals surface area contributed by atoms with Crippen molar-refractivity contribution in [2.24, 2.45) is 0 Å². The lowest BCUT2D eigenvalue weighted by molar-refractivity contribution is -0.0801. The molecule has 1 saturated heterocycles. The van der Waals surface area contributed by atoms with Gasteiger partial charge in [0.1, 0.15) is 17.5 Å². The van der Waals surface area contributed by atoms with Crippen molar-refractivity contribution >= 4 is 5.82 Å². The number of benzene rings is 1. The molecule has 0 aliphatic carbocycles. The Morgan fingerprint density at radius 3 is 2.40 bits per heavy atom. The van der Waals surface area contributed by atoms with Gasteiger partial charge in [0, 0.05) is 31.4 Å². The van der Waals surface area contributed by atoms with E-state index >= 15 is 0 Å². The quantitative estimate of drug-likeness (QED) is 0.896. The lowest BCUT2D eigenvalue weighted by Gasteiger charge is -2.40. The summed E-state index contributed by atoms with van der Waals surface area (Å²) in [5.74, 6) is -0.377. The summed E-state index contributed by atoms with van der Waals surface area (Å²) in [6.07, 6.45) is 1.70. The number of halogens is 2. The van der Waals surface area contributed by atoms with Crippen LogP contribution in [-0.2, 0) is 4.74 Å². The van der Waals surface area contributed by atoms with E-state index in [9.17, 15) is 8.78 Å². The molecule has 3 rings (SSSR count). The highest BCUT2D eigenvalue weighted by Crippen LogP contribution is 2.29. The Labute approximate surface area is 146 Å². The van der Waals surface area contributed by atoms with E-state index in [1.165, 1.54) is 18.2 Å². The molecule has 0 bridgehead atoms. The van der Waals surface area contributed by atoms with Crippen LogP contribution in [-0.4, -0.2) is 41.7 Å². The third-order valence-corrected chi connectivity index (χ3v) is 4.36. The first-order valence-electron chi connectivity index (χ1n) is 8.53. The average molecular weight is 347 g/mol. The van der Waals surface area contributed by atoms with Gasteiger partial charge in [-0.2, -0.15) is 0 Å². The molecule has 3 atom stereocenters. The number of anilines is 1. The van der Waals surface area contributed by atoms with Crippen LogP contribution in [0.15, 0.2) is 42.6 Å². The van der Waals surface area contributed by atoms with E-state index < -0.39 is 17.7 Å². The number of aromatic nitrogens is 1. The van der Waals surface area contributed by atoms with Gasteiger partial charge in [-0.25, -0.2) is 13.8 Å². The van der Waals surface area contributed by atoms with Crippen molar-refractivity contribution in [3.8, 4) is 0 Å². The second kappa shape index (κ2) is 7.89. The van der Waals surface area contributed by atoms with E-state index in [2.05, 4.69) is 15.2 Å². The lowest BCUT2D eigenvalue weighted by atomic mass is 10.0. The molecule has 0 amide bonds. The Balaban J connectivity index is 1.88. The van der Waals surface area contributed by atoms with Gasteiger partial charge < -0.3 is 10.1 Å². The maximum absolute atomic E-state index is 14.4. The molecule has 1 aromatic carbocycles. The third-order valence-electron chi connectivity index (χ3n) is 4.36. The summed E-state index contributed by atoms with van der Waals surface area (Å²) in [5, 5.41) is 3.20. The summed E-state index contributed by atoms with van der Waals surface area (Å²) < 4.78 is 34.6. The van der Waals surface area contributed by atoms with Crippen LogP contribution in [0, 0.1) is 11.6 Å². The average Bonchev–Trinajstić information content (AvgIpc) is 2.57. The molecule has 6 heteroatoms. The molecule has 134 valence electrons. The maximum atomic E-state index is 14.4. The van der Waals surface area contributed by atoms with E-state index in [0.29, 0.717) is 25.5 Å². The first-order valence-corrected chi connectivity index (χ1v) is 8.53. The molecule has 3 unspecified atom stereocenters. The number of pyridine rings is 1. The van der Waals surface area contributed by atoms with Crippen molar-refractivity contribution in [1.29, 1.82) is 0 Å². The van der Waals surface area contributed by atoms with Crippen molar-refractivity contribution in [3.05, 3.63) is 59.8 Å². The van der Waals surface area contributed by atoms with Gasteiger partial charge in [-0.15, -0.1) is 0 Å². The smallest absolute Gasteiger partial charge is 0.130 e. The fraction of sp³-hybridized carbons (Fsp3) is 0.421. The van der Waals surface area contributed by atoms with Crippen LogP contribution in [0.25, 0.3) is 0 Å². The minimum atomic E-state index is -0.528. The van der Waals surface area contributed by atoms with Gasteiger partial charge in [0.05, 0.1) is 18.2 Å². The number of nitrogens with one attached hydrogen (secondary N) is 1. The van der Waals surface area contributed by atoms with Crippen LogP contribution >= 0.6 is 0 Å². The Morgan fingerprint density at radius 2 is 1.80 bits per heavy atom. The van der Waals surface area contributed by atoms with Gasteiger partial charge in [0.25, 0.3) is 0 Å². The summed E-state index contributed by atoms with van der Waals surface area (Å²) in [4.78, 5) is 6.30. The van der Waals surface area contributed by atoms with E-state index in [-0.39, 0.29) is 17.8 Å². The standard InChI is InChI=1S/C19H23F2N3O/c1-13-11-24(12-14(2)25-13)17(10-23-18-8-3-4-9-22-18)19-15(20)6-5-7-16(19)21/h3-9,13-14,17H,10-12H2,1-2H3,(H,22,23). The molecule has 0 radical (unpaired) electrons. The van der Waals surface area contributed by atoms with Crippen molar-refractivity contribution in [2.45, 2.75) is 32.1 Å². The minimum absolute atomic E-state index is 0.0101. The van der Waals surface area contributed by atoms with E-state index in [0.717, 1.165) is 0 Å². The second-order valence-electron chi connectivity index (χ2n) is 6.46. The highest BCUT2D eigenvalue weighted by atomic mass is 19.1. The zero-order valence-electron chi connectivity index (χ0n) is 14.5. The second-order valence-corrected chi connectivity index (χ2v) is 6.46. The summed E-state index contributed by atoms with van der Waals surface area (Å²) >= 11 is 0. The lowest BCUT2D eigenvalue weighted by Crippen LogP contribution is -2.48. The molecule has 1 aliphatic heterocycles. The number of rotatable bonds is 5. The first-order chi connectivity index (χ1) is 12.0. The van der Waals surface area contributed by atoms with Crippen LogP contribution in [0.4, 0.5) is 14.6 Å². The Kier molecular flexibility index (Phi) is 5.60. The molecule has 0 spiro atoms. The zero-order valence-corrected chi connectivity index (χ0v) is 14.5. The van der Waals surface area contributed by atoms with E-state index in [4.69, 9.17) is 4.74 Å². The fourth-order valence-corrected chi connectivity index (χ4v) is 3.38. The molecule has 1 fully saturated rings. The summed E-state index contributed by atoms with van der Waals surface area (Å²) in [7, 11) is 0. The van der Waals surface area contributed by atoms with Crippen LogP contribution in [0.2, 0.25) is 0 Å². The monoisotopic (exact) mass is 347 g/mol. The number of ether oxygens (including phenoxy) is 1. The van der Waals surface area contributed by atoms with Gasteiger partial charge in [0.2, 0.25) is 0 Å². The van der Waals surface area contributed by atoms with Gasteiger partial charge in [0.15, 0.2) is 0 Å².